The summed E-state index contributed by atoms with van der Waals surface area (Å²) < 4.78 is 25.2. The summed E-state index contributed by atoms with van der Waals surface area (Å²) in [6.07, 6.45) is -2.61. The molecule has 0 aliphatic carbocycles. The normalized spacial score (nSPS) is 20.5. The lowest BCUT2D eigenvalue weighted by Crippen LogP contribution is -2.26. The smallest absolute Gasteiger partial charge is 0.245 e. The molecular weight excluding hydrogens is 188 g/mol. The Morgan fingerprint density at radius 1 is 1.36 bits per heavy atom. The topological polar surface area (TPSA) is 29.1 Å². The van der Waals surface area contributed by atoms with Gasteiger partial charge in [0.15, 0.2) is 0 Å². The van der Waals surface area contributed by atoms with Gasteiger partial charge in [-0.1, -0.05) is 18.2 Å². The van der Waals surface area contributed by atoms with Gasteiger partial charge in [-0.15, -0.1) is 0 Å². The molecule has 1 N–H and O–H groups in total. The molecule has 0 saturated heterocycles. The van der Waals surface area contributed by atoms with Crippen molar-refractivity contribution in [2.24, 2.45) is 0 Å². The van der Waals surface area contributed by atoms with Gasteiger partial charge in [0.2, 0.25) is 12.3 Å². The first-order valence-electron chi connectivity index (χ1n) is 4.35. The van der Waals surface area contributed by atoms with Crippen LogP contribution in [-0.4, -0.2) is 12.3 Å². The first-order chi connectivity index (χ1) is 6.68. The van der Waals surface area contributed by atoms with E-state index in [2.05, 4.69) is 5.32 Å². The number of nitrogens with one attached hydrogen (secondary N) is 1. The van der Waals surface area contributed by atoms with Crippen molar-refractivity contribution in [1.82, 2.24) is 0 Å². The minimum Gasteiger partial charge on any atom is -0.326 e. The van der Waals surface area contributed by atoms with E-state index in [9.17, 15) is 13.6 Å². The lowest BCUT2D eigenvalue weighted by Gasteiger charge is -2.24. The van der Waals surface area contributed by atoms with Crippen molar-refractivity contribution < 1.29 is 13.6 Å². The van der Waals surface area contributed by atoms with E-state index >= 15 is 0 Å². The number of carbonyl (C=O) groups excluding carboxylic acids is 1. The molecule has 0 unspecified atom stereocenters. The zero-order chi connectivity index (χ0) is 10.1. The number of hydrogen-bond donors (Lipinski definition) is 1. The Bertz CT molecular complexity index is 365. The van der Waals surface area contributed by atoms with Crippen LogP contribution < -0.4 is 5.32 Å². The molecule has 0 radical (unpaired) electrons. The largest absolute Gasteiger partial charge is 0.326 e. The summed E-state index contributed by atoms with van der Waals surface area (Å²) in [6.45, 7) is 0. The van der Waals surface area contributed by atoms with Crippen molar-refractivity contribution in [3.05, 3.63) is 29.8 Å². The molecule has 1 amide bonds. The molecule has 1 aromatic carbocycles. The van der Waals surface area contributed by atoms with Crippen molar-refractivity contribution in [2.75, 3.05) is 5.32 Å². The number of hydrogen-bond acceptors (Lipinski definition) is 1. The van der Waals surface area contributed by atoms with Crippen LogP contribution in [0.25, 0.3) is 0 Å². The summed E-state index contributed by atoms with van der Waals surface area (Å²) >= 11 is 0. The van der Waals surface area contributed by atoms with Crippen molar-refractivity contribution in [3.8, 4) is 0 Å². The van der Waals surface area contributed by atoms with Crippen molar-refractivity contribution in [1.29, 1.82) is 0 Å². The molecule has 1 heterocycles. The molecule has 1 aromatic rings. The highest BCUT2D eigenvalue weighted by atomic mass is 19.3. The van der Waals surface area contributed by atoms with Crippen LogP contribution in [0.4, 0.5) is 14.5 Å². The summed E-state index contributed by atoms with van der Waals surface area (Å²) in [4.78, 5) is 11.1. The number of benzene rings is 1. The van der Waals surface area contributed by atoms with Crippen LogP contribution in [0, 0.1) is 0 Å². The average Bonchev–Trinajstić information content (AvgIpc) is 2.16. The number of carbonyl (C=O) groups is 1. The minimum absolute atomic E-state index is 0.130. The predicted molar refractivity (Wildman–Crippen MR) is 48.4 cm³/mol. The number of alkyl halides is 2. The van der Waals surface area contributed by atoms with Crippen LogP contribution in [0.1, 0.15) is 17.9 Å². The zero-order valence-electron chi connectivity index (χ0n) is 7.34. The standard InChI is InChI=1S/C10H9F2NO/c11-10(12)7-5-9(14)13-8-4-2-1-3-6(7)8/h1-4,7,10H,5H2,(H,13,14)/t7-/m1/s1. The molecule has 2 nitrogen and oxygen atoms in total. The van der Waals surface area contributed by atoms with Gasteiger partial charge in [0, 0.05) is 12.1 Å². The zero-order valence-corrected chi connectivity index (χ0v) is 7.34. The maximum Gasteiger partial charge on any atom is 0.245 e. The maximum absolute atomic E-state index is 12.6. The second-order valence-corrected chi connectivity index (χ2v) is 3.28. The highest BCUT2D eigenvalue weighted by Gasteiger charge is 2.31. The van der Waals surface area contributed by atoms with Gasteiger partial charge < -0.3 is 5.32 Å². The van der Waals surface area contributed by atoms with E-state index in [1.807, 2.05) is 0 Å². The van der Waals surface area contributed by atoms with Gasteiger partial charge in [-0.05, 0) is 11.6 Å². The van der Waals surface area contributed by atoms with E-state index in [0.29, 0.717) is 11.3 Å². The molecule has 74 valence electrons. The van der Waals surface area contributed by atoms with Crippen molar-refractivity contribution >= 4 is 11.6 Å². The Hall–Kier alpha value is -1.45. The Balaban J connectivity index is 2.43. The monoisotopic (exact) mass is 197 g/mol. The van der Waals surface area contributed by atoms with Gasteiger partial charge in [0.1, 0.15) is 0 Å². The van der Waals surface area contributed by atoms with Gasteiger partial charge in [0.25, 0.3) is 0 Å². The minimum atomic E-state index is -2.48. The second kappa shape index (κ2) is 3.36. The molecule has 1 atom stereocenters. The Kier molecular flexibility index (Phi) is 2.19. The number of rotatable bonds is 1. The fourth-order valence-electron chi connectivity index (χ4n) is 1.67. The van der Waals surface area contributed by atoms with Gasteiger partial charge >= 0.3 is 0 Å². The van der Waals surface area contributed by atoms with Crippen LogP contribution in [0.5, 0.6) is 0 Å². The first kappa shape index (κ1) is 9.12. The van der Waals surface area contributed by atoms with Crippen LogP contribution in [0.2, 0.25) is 0 Å². The first-order valence-corrected chi connectivity index (χ1v) is 4.35. The van der Waals surface area contributed by atoms with E-state index in [4.69, 9.17) is 0 Å². The van der Waals surface area contributed by atoms with E-state index in [0.717, 1.165) is 0 Å². The van der Waals surface area contributed by atoms with Crippen LogP contribution in [0.15, 0.2) is 24.3 Å². The lowest BCUT2D eigenvalue weighted by atomic mass is 9.91. The van der Waals surface area contributed by atoms with Crippen LogP contribution in [-0.2, 0) is 4.79 Å². The summed E-state index contributed by atoms with van der Waals surface area (Å²) in [5.74, 6) is -1.30. The number of amides is 1. The second-order valence-electron chi connectivity index (χ2n) is 3.28. The summed E-state index contributed by atoms with van der Waals surface area (Å²) in [5, 5.41) is 2.57. The third kappa shape index (κ3) is 1.47. The van der Waals surface area contributed by atoms with E-state index in [-0.39, 0.29) is 12.3 Å². The fraction of sp³-hybridized carbons (Fsp3) is 0.300. The molecule has 0 fully saturated rings. The Morgan fingerprint density at radius 2 is 2.07 bits per heavy atom. The molecule has 2 rings (SSSR count). The number of para-hydroxylation sites is 1. The summed E-state index contributed by atoms with van der Waals surface area (Å²) in [5.41, 5.74) is 1.04. The summed E-state index contributed by atoms with van der Waals surface area (Å²) in [7, 11) is 0. The number of fused-ring (bicyclic) bond motifs is 1. The van der Waals surface area contributed by atoms with Crippen LogP contribution >= 0.6 is 0 Å². The lowest BCUT2D eigenvalue weighted by molar-refractivity contribution is -0.117. The molecule has 1 aliphatic rings. The maximum atomic E-state index is 12.6. The van der Waals surface area contributed by atoms with Gasteiger partial charge in [-0.2, -0.15) is 0 Å². The molecule has 0 spiro atoms. The third-order valence-corrected chi connectivity index (χ3v) is 2.34. The quantitative estimate of drug-likeness (QED) is 0.735. The third-order valence-electron chi connectivity index (χ3n) is 2.34. The van der Waals surface area contributed by atoms with Gasteiger partial charge in [-0.25, -0.2) is 8.78 Å². The highest BCUT2D eigenvalue weighted by molar-refractivity contribution is 5.94. The van der Waals surface area contributed by atoms with Gasteiger partial charge in [-0.3, -0.25) is 4.79 Å². The van der Waals surface area contributed by atoms with Crippen molar-refractivity contribution in [2.45, 2.75) is 18.8 Å². The van der Waals surface area contributed by atoms with Crippen molar-refractivity contribution in [3.63, 3.8) is 0 Å². The van der Waals surface area contributed by atoms with Gasteiger partial charge in [0.05, 0.1) is 5.92 Å². The Morgan fingerprint density at radius 3 is 2.79 bits per heavy atom. The molecule has 4 heteroatoms. The number of anilines is 1. The molecule has 0 aromatic heterocycles. The molecule has 0 bridgehead atoms. The van der Waals surface area contributed by atoms with E-state index in [1.54, 1.807) is 24.3 Å². The molecule has 1 aliphatic heterocycles. The SMILES string of the molecule is O=C1C[C@@H](C(F)F)c2ccccc2N1. The fourth-order valence-corrected chi connectivity index (χ4v) is 1.67. The van der Waals surface area contributed by atoms with Crippen LogP contribution in [0.3, 0.4) is 0 Å². The molecule has 0 saturated carbocycles. The molecule has 14 heavy (non-hydrogen) atoms. The number of halogens is 2. The van der Waals surface area contributed by atoms with E-state index in [1.165, 1.54) is 0 Å². The Labute approximate surface area is 79.9 Å². The predicted octanol–water partition coefficient (Wildman–Crippen LogP) is 2.38. The van der Waals surface area contributed by atoms with E-state index < -0.39 is 12.3 Å². The molecular formula is C10H9F2NO. The summed E-state index contributed by atoms with van der Waals surface area (Å²) in [6, 6.07) is 6.69. The average molecular weight is 197 g/mol. The highest BCUT2D eigenvalue weighted by Crippen LogP contribution is 2.35.